The van der Waals surface area contributed by atoms with Gasteiger partial charge in [0.25, 0.3) is 0 Å². The van der Waals surface area contributed by atoms with Crippen LogP contribution in [0.4, 0.5) is 0 Å². The number of aliphatic hydroxyl groups is 1. The van der Waals surface area contributed by atoms with Crippen LogP contribution in [0, 0.1) is 12.8 Å². The lowest BCUT2D eigenvalue weighted by Gasteiger charge is -2.47. The van der Waals surface area contributed by atoms with Crippen molar-refractivity contribution in [3.8, 4) is 0 Å². The van der Waals surface area contributed by atoms with Crippen molar-refractivity contribution in [1.29, 1.82) is 0 Å². The highest BCUT2D eigenvalue weighted by Gasteiger charge is 2.42. The average Bonchev–Trinajstić information content (AvgIpc) is 2.81. The maximum absolute atomic E-state index is 10.9. The molecule has 21 heavy (non-hydrogen) atoms. The van der Waals surface area contributed by atoms with Crippen molar-refractivity contribution in [2.75, 3.05) is 13.1 Å². The minimum atomic E-state index is -1.02. The van der Waals surface area contributed by atoms with Gasteiger partial charge in [-0.05, 0) is 32.3 Å². The zero-order valence-corrected chi connectivity index (χ0v) is 12.5. The summed E-state index contributed by atoms with van der Waals surface area (Å²) in [6.07, 6.45) is 5.18. The third-order valence-electron chi connectivity index (χ3n) is 5.14. The Morgan fingerprint density at radius 3 is 3.00 bits per heavy atom. The van der Waals surface area contributed by atoms with E-state index < -0.39 is 11.6 Å². The van der Waals surface area contributed by atoms with Gasteiger partial charge in [0.05, 0.1) is 5.60 Å². The summed E-state index contributed by atoms with van der Waals surface area (Å²) in [5.41, 5.74) is 0.473. The highest BCUT2D eigenvalue weighted by atomic mass is 16.4. The van der Waals surface area contributed by atoms with Crippen molar-refractivity contribution in [2.24, 2.45) is 5.92 Å². The van der Waals surface area contributed by atoms with Gasteiger partial charge in [0, 0.05) is 31.1 Å². The van der Waals surface area contributed by atoms with E-state index in [1.165, 1.54) is 6.42 Å². The zero-order chi connectivity index (χ0) is 15.0. The normalized spacial score (nSPS) is 30.1. The molecule has 1 saturated heterocycles. The van der Waals surface area contributed by atoms with Crippen molar-refractivity contribution < 1.29 is 19.4 Å². The quantitative estimate of drug-likeness (QED) is 0.895. The molecule has 1 aliphatic heterocycles. The molecule has 0 spiro atoms. The first-order valence-corrected chi connectivity index (χ1v) is 7.75. The van der Waals surface area contributed by atoms with Gasteiger partial charge in [0.15, 0.2) is 0 Å². The zero-order valence-electron chi connectivity index (χ0n) is 12.5. The van der Waals surface area contributed by atoms with E-state index in [-0.39, 0.29) is 5.76 Å². The number of likely N-dealkylation sites (tertiary alicyclic amines) is 1. The van der Waals surface area contributed by atoms with Crippen LogP contribution in [0.3, 0.4) is 0 Å². The maximum atomic E-state index is 10.9. The molecule has 1 saturated carbocycles. The summed E-state index contributed by atoms with van der Waals surface area (Å²) in [4.78, 5) is 13.3. The third-order valence-corrected chi connectivity index (χ3v) is 5.14. The smallest absolute Gasteiger partial charge is 0.371 e. The molecule has 0 radical (unpaired) electrons. The third kappa shape index (κ3) is 2.85. The molecule has 2 atom stereocenters. The Kier molecular flexibility index (Phi) is 3.80. The molecular weight excluding hydrogens is 270 g/mol. The van der Waals surface area contributed by atoms with E-state index in [0.29, 0.717) is 18.2 Å². The Bertz CT molecular complexity index is 538. The van der Waals surface area contributed by atoms with Crippen molar-refractivity contribution in [3.63, 3.8) is 0 Å². The standard InChI is InChI=1S/C16H23NO4/c1-11-12(8-14(21-11)15(18)19)9-17-7-6-16(20)5-3-2-4-13(16)10-17/h8,13,20H,2-7,9-10H2,1H3,(H,18,19). The predicted molar refractivity (Wildman–Crippen MR) is 77.2 cm³/mol. The van der Waals surface area contributed by atoms with E-state index in [1.54, 1.807) is 6.07 Å². The molecule has 0 aromatic carbocycles. The second-order valence-corrected chi connectivity index (χ2v) is 6.53. The van der Waals surface area contributed by atoms with Gasteiger partial charge in [-0.2, -0.15) is 0 Å². The predicted octanol–water partition coefficient (Wildman–Crippen LogP) is 2.41. The Morgan fingerprint density at radius 2 is 2.29 bits per heavy atom. The fourth-order valence-corrected chi connectivity index (χ4v) is 3.81. The largest absolute Gasteiger partial charge is 0.475 e. The molecule has 2 fully saturated rings. The summed E-state index contributed by atoms with van der Waals surface area (Å²) in [7, 11) is 0. The van der Waals surface area contributed by atoms with Gasteiger partial charge < -0.3 is 14.6 Å². The molecule has 1 aromatic heterocycles. The molecule has 2 aliphatic rings. The molecule has 2 unspecified atom stereocenters. The van der Waals surface area contributed by atoms with Crippen LogP contribution in [0.25, 0.3) is 0 Å². The highest BCUT2D eigenvalue weighted by molar-refractivity contribution is 5.84. The Balaban J connectivity index is 1.68. The number of carbonyl (C=O) groups is 1. The number of nitrogens with zero attached hydrogens (tertiary/aromatic N) is 1. The summed E-state index contributed by atoms with van der Waals surface area (Å²) in [5, 5.41) is 19.7. The number of fused-ring (bicyclic) bond motifs is 1. The number of carboxylic acids is 1. The molecule has 2 N–H and O–H groups in total. The summed E-state index contributed by atoms with van der Waals surface area (Å²) >= 11 is 0. The summed E-state index contributed by atoms with van der Waals surface area (Å²) in [5.74, 6) is 0.0151. The number of furan rings is 1. The topological polar surface area (TPSA) is 73.9 Å². The fourth-order valence-electron chi connectivity index (χ4n) is 3.81. The first-order chi connectivity index (χ1) is 9.98. The van der Waals surface area contributed by atoms with Gasteiger partial charge >= 0.3 is 5.97 Å². The van der Waals surface area contributed by atoms with E-state index in [4.69, 9.17) is 9.52 Å². The van der Waals surface area contributed by atoms with Crippen LogP contribution < -0.4 is 0 Å². The van der Waals surface area contributed by atoms with E-state index >= 15 is 0 Å². The number of aryl methyl sites for hydroxylation is 1. The van der Waals surface area contributed by atoms with Crippen LogP contribution in [-0.4, -0.2) is 39.8 Å². The van der Waals surface area contributed by atoms with Crippen molar-refractivity contribution in [3.05, 3.63) is 23.2 Å². The van der Waals surface area contributed by atoms with Gasteiger partial charge in [-0.25, -0.2) is 4.79 Å². The number of piperidine rings is 1. The number of carboxylic acid groups (broad SMARTS) is 1. The SMILES string of the molecule is Cc1oc(C(=O)O)cc1CN1CCC2(O)CCCCC2C1. The first kappa shape index (κ1) is 14.6. The van der Waals surface area contributed by atoms with Crippen LogP contribution in [0.2, 0.25) is 0 Å². The Hall–Kier alpha value is -1.33. The van der Waals surface area contributed by atoms with Crippen LogP contribution >= 0.6 is 0 Å². The molecule has 2 heterocycles. The second kappa shape index (κ2) is 5.46. The van der Waals surface area contributed by atoms with E-state index in [2.05, 4.69) is 4.90 Å². The summed E-state index contributed by atoms with van der Waals surface area (Å²) in [6.45, 7) is 4.27. The minimum Gasteiger partial charge on any atom is -0.475 e. The van der Waals surface area contributed by atoms with Crippen molar-refractivity contribution in [1.82, 2.24) is 4.90 Å². The van der Waals surface area contributed by atoms with E-state index in [0.717, 1.165) is 44.3 Å². The van der Waals surface area contributed by atoms with Gasteiger partial charge in [-0.1, -0.05) is 12.8 Å². The molecule has 3 rings (SSSR count). The monoisotopic (exact) mass is 293 g/mol. The van der Waals surface area contributed by atoms with Gasteiger partial charge in [-0.3, -0.25) is 4.90 Å². The first-order valence-electron chi connectivity index (χ1n) is 7.75. The van der Waals surface area contributed by atoms with Crippen LogP contribution in [-0.2, 0) is 6.54 Å². The van der Waals surface area contributed by atoms with Crippen LogP contribution in [0.15, 0.2) is 10.5 Å². The fraction of sp³-hybridized carbons (Fsp3) is 0.688. The minimum absolute atomic E-state index is 0.00804. The lowest BCUT2D eigenvalue weighted by molar-refractivity contribution is -0.0968. The molecule has 0 bridgehead atoms. The highest BCUT2D eigenvalue weighted by Crippen LogP contribution is 2.40. The molecule has 0 amide bonds. The Labute approximate surface area is 124 Å². The number of hydrogen-bond donors (Lipinski definition) is 2. The number of aromatic carboxylic acids is 1. The summed E-state index contributed by atoms with van der Waals surface area (Å²) < 4.78 is 5.27. The van der Waals surface area contributed by atoms with Crippen molar-refractivity contribution >= 4 is 5.97 Å². The van der Waals surface area contributed by atoms with Gasteiger partial charge in [0.2, 0.25) is 5.76 Å². The maximum Gasteiger partial charge on any atom is 0.371 e. The van der Waals surface area contributed by atoms with Gasteiger partial charge in [-0.15, -0.1) is 0 Å². The van der Waals surface area contributed by atoms with Crippen LogP contribution in [0.1, 0.15) is 54.0 Å². The lowest BCUT2D eigenvalue weighted by atomic mass is 9.71. The summed E-state index contributed by atoms with van der Waals surface area (Å²) in [6, 6.07) is 1.62. The lowest BCUT2D eigenvalue weighted by Crippen LogP contribution is -2.52. The molecular formula is C16H23NO4. The average molecular weight is 293 g/mol. The number of hydrogen-bond acceptors (Lipinski definition) is 4. The Morgan fingerprint density at radius 1 is 1.48 bits per heavy atom. The molecule has 116 valence electrons. The molecule has 1 aliphatic carbocycles. The van der Waals surface area contributed by atoms with Crippen molar-refractivity contribution in [2.45, 2.75) is 51.2 Å². The molecule has 1 aromatic rings. The molecule has 5 nitrogen and oxygen atoms in total. The van der Waals surface area contributed by atoms with E-state index in [1.807, 2.05) is 6.92 Å². The van der Waals surface area contributed by atoms with Crippen LogP contribution in [0.5, 0.6) is 0 Å². The number of rotatable bonds is 3. The van der Waals surface area contributed by atoms with Gasteiger partial charge in [0.1, 0.15) is 5.76 Å². The van der Waals surface area contributed by atoms with E-state index in [9.17, 15) is 9.90 Å². The second-order valence-electron chi connectivity index (χ2n) is 6.53. The molecule has 5 heteroatoms.